The van der Waals surface area contributed by atoms with Gasteiger partial charge in [0.1, 0.15) is 0 Å². The second-order valence-corrected chi connectivity index (χ2v) is 4.61. The molecule has 0 spiro atoms. The van der Waals surface area contributed by atoms with E-state index in [4.69, 9.17) is 0 Å². The lowest BCUT2D eigenvalue weighted by atomic mass is 9.97. The first-order valence-corrected chi connectivity index (χ1v) is 6.11. The molecule has 0 aromatic heterocycles. The molecule has 0 heterocycles. The van der Waals surface area contributed by atoms with E-state index < -0.39 is 0 Å². The molecule has 2 aromatic carbocycles. The van der Waals surface area contributed by atoms with Crippen molar-refractivity contribution in [3.8, 4) is 11.1 Å². The van der Waals surface area contributed by atoms with Crippen molar-refractivity contribution in [2.75, 3.05) is 0 Å². The quantitative estimate of drug-likeness (QED) is 0.643. The molecule has 90 valence electrons. The Morgan fingerprint density at radius 2 is 1.67 bits per heavy atom. The molecule has 0 N–H and O–H groups in total. The van der Waals surface area contributed by atoms with Crippen molar-refractivity contribution in [1.82, 2.24) is 0 Å². The SMILES string of the molecule is C=CC(=C)c1cccc(-c2ccc(C)c(C)c2)c1. The van der Waals surface area contributed by atoms with Gasteiger partial charge in [0.25, 0.3) is 0 Å². The molecule has 0 heteroatoms. The van der Waals surface area contributed by atoms with Gasteiger partial charge in [0.2, 0.25) is 0 Å². The first-order valence-electron chi connectivity index (χ1n) is 6.11. The van der Waals surface area contributed by atoms with E-state index in [1.165, 1.54) is 22.3 Å². The van der Waals surface area contributed by atoms with Crippen LogP contribution in [0.25, 0.3) is 16.7 Å². The normalized spacial score (nSPS) is 10.1. The zero-order valence-electron chi connectivity index (χ0n) is 11.0. The smallest absolute Gasteiger partial charge is 0.0178 e. The zero-order chi connectivity index (χ0) is 13.1. The maximum absolute atomic E-state index is 3.99. The van der Waals surface area contributed by atoms with Crippen LogP contribution in [0.4, 0.5) is 0 Å². The van der Waals surface area contributed by atoms with E-state index in [2.05, 4.69) is 69.5 Å². The Morgan fingerprint density at radius 1 is 0.944 bits per heavy atom. The van der Waals surface area contributed by atoms with Crippen molar-refractivity contribution in [2.45, 2.75) is 13.8 Å². The van der Waals surface area contributed by atoms with Gasteiger partial charge >= 0.3 is 0 Å². The van der Waals surface area contributed by atoms with Gasteiger partial charge in [0, 0.05) is 0 Å². The van der Waals surface area contributed by atoms with Crippen LogP contribution in [0.3, 0.4) is 0 Å². The molecule has 0 amide bonds. The Kier molecular flexibility index (Phi) is 3.47. The minimum Gasteiger partial charge on any atom is -0.0985 e. The summed E-state index contributed by atoms with van der Waals surface area (Å²) in [6.45, 7) is 12.0. The number of hydrogen-bond acceptors (Lipinski definition) is 0. The lowest BCUT2D eigenvalue weighted by Crippen LogP contribution is -1.85. The molecule has 0 radical (unpaired) electrons. The van der Waals surface area contributed by atoms with Crippen LogP contribution in [0.1, 0.15) is 16.7 Å². The Bertz CT molecular complexity index is 603. The monoisotopic (exact) mass is 234 g/mol. The second-order valence-electron chi connectivity index (χ2n) is 4.61. The highest BCUT2D eigenvalue weighted by Gasteiger charge is 2.02. The summed E-state index contributed by atoms with van der Waals surface area (Å²) in [5.41, 5.74) is 7.20. The van der Waals surface area contributed by atoms with E-state index in [9.17, 15) is 0 Å². The van der Waals surface area contributed by atoms with Crippen molar-refractivity contribution >= 4 is 5.57 Å². The van der Waals surface area contributed by atoms with Gasteiger partial charge in [0.05, 0.1) is 0 Å². The lowest BCUT2D eigenvalue weighted by molar-refractivity contribution is 1.34. The summed E-state index contributed by atoms with van der Waals surface area (Å²) in [4.78, 5) is 0. The molecule has 0 nitrogen and oxygen atoms in total. The average molecular weight is 234 g/mol. The molecule has 0 fully saturated rings. The predicted molar refractivity (Wildman–Crippen MR) is 80.6 cm³/mol. The van der Waals surface area contributed by atoms with Crippen LogP contribution in [0.15, 0.2) is 61.7 Å². The fraction of sp³-hybridized carbons (Fsp3) is 0.111. The third-order valence-corrected chi connectivity index (χ3v) is 3.32. The summed E-state index contributed by atoms with van der Waals surface area (Å²) in [6, 6.07) is 15.0. The number of hydrogen-bond donors (Lipinski definition) is 0. The second kappa shape index (κ2) is 5.05. The van der Waals surface area contributed by atoms with Crippen LogP contribution < -0.4 is 0 Å². The Morgan fingerprint density at radius 3 is 2.33 bits per heavy atom. The number of benzene rings is 2. The van der Waals surface area contributed by atoms with Gasteiger partial charge in [-0.25, -0.2) is 0 Å². The Balaban J connectivity index is 2.47. The van der Waals surface area contributed by atoms with E-state index >= 15 is 0 Å². The van der Waals surface area contributed by atoms with Crippen LogP contribution in [0.2, 0.25) is 0 Å². The summed E-state index contributed by atoms with van der Waals surface area (Å²) in [6.07, 6.45) is 1.79. The Hall–Kier alpha value is -2.08. The minimum atomic E-state index is 0.959. The first-order chi connectivity index (χ1) is 8.61. The Labute approximate surface area is 109 Å². The van der Waals surface area contributed by atoms with E-state index in [-0.39, 0.29) is 0 Å². The molecule has 18 heavy (non-hydrogen) atoms. The lowest BCUT2D eigenvalue weighted by Gasteiger charge is -2.08. The topological polar surface area (TPSA) is 0 Å². The fourth-order valence-corrected chi connectivity index (χ4v) is 1.94. The molecule has 0 bridgehead atoms. The van der Waals surface area contributed by atoms with E-state index in [1.807, 2.05) is 0 Å². The maximum atomic E-state index is 3.99. The van der Waals surface area contributed by atoms with Gasteiger partial charge in [-0.2, -0.15) is 0 Å². The first kappa shape index (κ1) is 12.4. The molecule has 2 rings (SSSR count). The largest absolute Gasteiger partial charge is 0.0985 e. The van der Waals surface area contributed by atoms with Gasteiger partial charge in [-0.1, -0.05) is 55.6 Å². The molecule has 0 atom stereocenters. The number of allylic oxidation sites excluding steroid dienone is 2. The minimum absolute atomic E-state index is 0.959. The standard InChI is InChI=1S/C18H18/c1-5-13(2)16-7-6-8-17(12-16)18-10-9-14(3)15(4)11-18/h5-12H,1-2H2,3-4H3. The van der Waals surface area contributed by atoms with Gasteiger partial charge < -0.3 is 0 Å². The molecule has 0 aliphatic carbocycles. The van der Waals surface area contributed by atoms with Crippen LogP contribution in [0, 0.1) is 13.8 Å². The summed E-state index contributed by atoms with van der Waals surface area (Å²) in [5, 5.41) is 0. The highest BCUT2D eigenvalue weighted by atomic mass is 14.1. The molecule has 0 unspecified atom stereocenters. The van der Waals surface area contributed by atoms with Crippen molar-refractivity contribution in [2.24, 2.45) is 0 Å². The van der Waals surface area contributed by atoms with Crippen LogP contribution in [-0.2, 0) is 0 Å². The average Bonchev–Trinajstić information content (AvgIpc) is 2.41. The molecule has 0 saturated heterocycles. The van der Waals surface area contributed by atoms with Gasteiger partial charge in [0.15, 0.2) is 0 Å². The van der Waals surface area contributed by atoms with Crippen molar-refractivity contribution < 1.29 is 0 Å². The fourth-order valence-electron chi connectivity index (χ4n) is 1.94. The molecule has 0 saturated carbocycles. The summed E-state index contributed by atoms with van der Waals surface area (Å²) < 4.78 is 0. The van der Waals surface area contributed by atoms with Crippen LogP contribution in [0.5, 0.6) is 0 Å². The van der Waals surface area contributed by atoms with E-state index in [0.717, 1.165) is 11.1 Å². The molecular formula is C18H18. The molecule has 2 aromatic rings. The predicted octanol–water partition coefficient (Wildman–Crippen LogP) is 5.17. The van der Waals surface area contributed by atoms with Crippen molar-refractivity contribution in [3.05, 3.63) is 78.4 Å². The maximum Gasteiger partial charge on any atom is -0.0178 e. The third kappa shape index (κ3) is 2.43. The van der Waals surface area contributed by atoms with E-state index in [1.54, 1.807) is 6.08 Å². The van der Waals surface area contributed by atoms with E-state index in [0.29, 0.717) is 0 Å². The van der Waals surface area contributed by atoms with Crippen molar-refractivity contribution in [1.29, 1.82) is 0 Å². The van der Waals surface area contributed by atoms with Gasteiger partial charge in [-0.05, 0) is 53.3 Å². The molecular weight excluding hydrogens is 216 g/mol. The number of rotatable bonds is 3. The van der Waals surface area contributed by atoms with Crippen molar-refractivity contribution in [3.63, 3.8) is 0 Å². The van der Waals surface area contributed by atoms with Crippen LogP contribution in [-0.4, -0.2) is 0 Å². The summed E-state index contributed by atoms with van der Waals surface area (Å²) in [7, 11) is 0. The highest BCUT2D eigenvalue weighted by molar-refractivity contribution is 5.76. The summed E-state index contributed by atoms with van der Waals surface area (Å²) >= 11 is 0. The van der Waals surface area contributed by atoms with Crippen LogP contribution >= 0.6 is 0 Å². The third-order valence-electron chi connectivity index (χ3n) is 3.32. The summed E-state index contributed by atoms with van der Waals surface area (Å²) in [5.74, 6) is 0. The molecule has 0 aliphatic rings. The number of aryl methyl sites for hydroxylation is 2. The zero-order valence-corrected chi connectivity index (χ0v) is 11.0. The molecule has 0 aliphatic heterocycles. The van der Waals surface area contributed by atoms with Gasteiger partial charge in [-0.15, -0.1) is 0 Å². The van der Waals surface area contributed by atoms with Gasteiger partial charge in [-0.3, -0.25) is 0 Å². The highest BCUT2D eigenvalue weighted by Crippen LogP contribution is 2.25.